The van der Waals surface area contributed by atoms with Gasteiger partial charge in [0.05, 0.1) is 0 Å². The molecule has 0 spiro atoms. The van der Waals surface area contributed by atoms with Crippen LogP contribution in [0.5, 0.6) is 5.75 Å². The fourth-order valence-corrected chi connectivity index (χ4v) is 1.59. The number of fused-ring (bicyclic) bond motifs is 1. The van der Waals surface area contributed by atoms with Crippen LogP contribution in [0.4, 0.5) is 18.9 Å². The van der Waals surface area contributed by atoms with Crippen LogP contribution in [0.1, 0.15) is 5.69 Å². The van der Waals surface area contributed by atoms with Crippen LogP contribution in [0.15, 0.2) is 24.3 Å². The highest BCUT2D eigenvalue weighted by Gasteiger charge is 2.32. The lowest BCUT2D eigenvalue weighted by molar-refractivity contribution is -0.274. The third kappa shape index (κ3) is 2.41. The second-order valence-electron chi connectivity index (χ2n) is 3.55. The molecule has 0 saturated carbocycles. The number of nitrogen functional groups attached to an aromatic ring is 1. The van der Waals surface area contributed by atoms with Gasteiger partial charge in [0.25, 0.3) is 0 Å². The zero-order valence-electron chi connectivity index (χ0n) is 8.88. The smallest absolute Gasteiger partial charge is 0.403 e. The molecule has 1 aromatic carbocycles. The summed E-state index contributed by atoms with van der Waals surface area (Å²) in [5.74, 6) is -0.342. The first-order valence-corrected chi connectivity index (χ1v) is 4.78. The van der Waals surface area contributed by atoms with Crippen molar-refractivity contribution in [1.82, 2.24) is 4.98 Å². The van der Waals surface area contributed by atoms with Crippen LogP contribution in [-0.2, 0) is 0 Å². The molecule has 0 aliphatic carbocycles. The molecule has 2 aromatic rings. The predicted octanol–water partition coefficient (Wildman–Crippen LogP) is 3.02. The third-order valence-electron chi connectivity index (χ3n) is 2.19. The zero-order valence-corrected chi connectivity index (χ0v) is 8.88. The summed E-state index contributed by atoms with van der Waals surface area (Å²) in [5.41, 5.74) is 6.74. The van der Waals surface area contributed by atoms with Crippen LogP contribution in [0.25, 0.3) is 10.9 Å². The summed E-state index contributed by atoms with van der Waals surface area (Å²) < 4.78 is 40.5. The number of halogens is 3. The standard InChI is InChI=1S/C11H9F3N2O/c1-6-5-8(15)7-3-2-4-9(10(7)16-6)17-11(12,13)14/h2-5H,1H3,(H2,15,16). The van der Waals surface area contributed by atoms with Gasteiger partial charge in [-0.15, -0.1) is 13.2 Å². The van der Waals surface area contributed by atoms with Crippen molar-refractivity contribution in [3.8, 4) is 5.75 Å². The number of ether oxygens (including phenoxy) is 1. The van der Waals surface area contributed by atoms with Gasteiger partial charge >= 0.3 is 6.36 Å². The van der Waals surface area contributed by atoms with E-state index in [4.69, 9.17) is 5.73 Å². The molecule has 1 aromatic heterocycles. The Morgan fingerprint density at radius 3 is 2.65 bits per heavy atom. The van der Waals surface area contributed by atoms with Crippen LogP contribution in [0.3, 0.4) is 0 Å². The summed E-state index contributed by atoms with van der Waals surface area (Å²) >= 11 is 0. The first-order chi connectivity index (χ1) is 7.87. The van der Waals surface area contributed by atoms with Gasteiger partial charge in [0, 0.05) is 16.8 Å². The van der Waals surface area contributed by atoms with Crippen LogP contribution in [0.2, 0.25) is 0 Å². The maximum atomic E-state index is 12.2. The minimum Gasteiger partial charge on any atom is -0.403 e. The number of pyridine rings is 1. The second kappa shape index (κ2) is 3.80. The number of para-hydroxylation sites is 1. The number of nitrogens with two attached hydrogens (primary N) is 1. The molecule has 6 heteroatoms. The van der Waals surface area contributed by atoms with Crippen LogP contribution < -0.4 is 10.5 Å². The number of alkyl halides is 3. The number of nitrogens with zero attached hydrogens (tertiary/aromatic N) is 1. The van der Waals surface area contributed by atoms with E-state index < -0.39 is 6.36 Å². The topological polar surface area (TPSA) is 48.1 Å². The average Bonchev–Trinajstić information content (AvgIpc) is 2.17. The highest BCUT2D eigenvalue weighted by Crippen LogP contribution is 2.31. The minimum atomic E-state index is -4.74. The Morgan fingerprint density at radius 1 is 1.29 bits per heavy atom. The van der Waals surface area contributed by atoms with Gasteiger partial charge in [-0.2, -0.15) is 0 Å². The quantitative estimate of drug-likeness (QED) is 0.836. The van der Waals surface area contributed by atoms with Crippen molar-refractivity contribution < 1.29 is 17.9 Å². The Labute approximate surface area is 95.0 Å². The predicted molar refractivity (Wildman–Crippen MR) is 57.6 cm³/mol. The molecule has 17 heavy (non-hydrogen) atoms. The molecule has 0 bridgehead atoms. The number of anilines is 1. The van der Waals surface area contributed by atoms with Gasteiger partial charge in [0.1, 0.15) is 5.52 Å². The first-order valence-electron chi connectivity index (χ1n) is 4.78. The van der Waals surface area contributed by atoms with Crippen LogP contribution in [0, 0.1) is 6.92 Å². The fraction of sp³-hybridized carbons (Fsp3) is 0.182. The molecule has 0 radical (unpaired) electrons. The summed E-state index contributed by atoms with van der Waals surface area (Å²) in [7, 11) is 0. The normalized spacial score (nSPS) is 11.8. The molecule has 0 aliphatic rings. The number of hydrogen-bond donors (Lipinski definition) is 1. The lowest BCUT2D eigenvalue weighted by atomic mass is 10.1. The number of aromatic nitrogens is 1. The maximum absolute atomic E-state index is 12.2. The molecular weight excluding hydrogens is 233 g/mol. The van der Waals surface area contributed by atoms with Gasteiger partial charge in [0.2, 0.25) is 0 Å². The molecule has 0 saturated heterocycles. The van der Waals surface area contributed by atoms with Crippen LogP contribution >= 0.6 is 0 Å². The van der Waals surface area contributed by atoms with Gasteiger partial charge < -0.3 is 10.5 Å². The van der Waals surface area contributed by atoms with Gasteiger partial charge in [0.15, 0.2) is 5.75 Å². The monoisotopic (exact) mass is 242 g/mol. The van der Waals surface area contributed by atoms with E-state index in [0.717, 1.165) is 0 Å². The largest absolute Gasteiger partial charge is 0.573 e. The Kier molecular flexibility index (Phi) is 2.57. The Balaban J connectivity index is 2.64. The summed E-state index contributed by atoms with van der Waals surface area (Å²) in [6.45, 7) is 1.65. The van der Waals surface area contributed by atoms with Gasteiger partial charge in [-0.1, -0.05) is 12.1 Å². The molecule has 2 N–H and O–H groups in total. The van der Waals surface area contributed by atoms with E-state index in [0.29, 0.717) is 16.8 Å². The van der Waals surface area contributed by atoms with Crippen molar-refractivity contribution in [3.05, 3.63) is 30.0 Å². The van der Waals surface area contributed by atoms with E-state index in [1.54, 1.807) is 19.1 Å². The van der Waals surface area contributed by atoms with E-state index in [2.05, 4.69) is 9.72 Å². The van der Waals surface area contributed by atoms with E-state index in [9.17, 15) is 13.2 Å². The summed E-state index contributed by atoms with van der Waals surface area (Å²) in [5, 5.41) is 0.442. The van der Waals surface area contributed by atoms with Gasteiger partial charge in [-0.25, -0.2) is 4.98 Å². The van der Waals surface area contributed by atoms with Crippen molar-refractivity contribution in [2.75, 3.05) is 5.73 Å². The second-order valence-corrected chi connectivity index (χ2v) is 3.55. The number of rotatable bonds is 1. The minimum absolute atomic E-state index is 0.113. The molecule has 0 aliphatic heterocycles. The lowest BCUT2D eigenvalue weighted by Gasteiger charge is -2.12. The van der Waals surface area contributed by atoms with Crippen molar-refractivity contribution in [1.29, 1.82) is 0 Å². The summed E-state index contributed by atoms with van der Waals surface area (Å²) in [4.78, 5) is 4.02. The SMILES string of the molecule is Cc1cc(N)c2cccc(OC(F)(F)F)c2n1. The maximum Gasteiger partial charge on any atom is 0.573 e. The number of aryl methyl sites for hydroxylation is 1. The third-order valence-corrected chi connectivity index (χ3v) is 2.19. The van der Waals surface area contributed by atoms with E-state index in [1.807, 2.05) is 0 Å². The van der Waals surface area contributed by atoms with E-state index in [-0.39, 0.29) is 11.3 Å². The molecule has 1 heterocycles. The highest BCUT2D eigenvalue weighted by atomic mass is 19.4. The molecule has 0 unspecified atom stereocenters. The van der Waals surface area contributed by atoms with Crippen molar-refractivity contribution >= 4 is 16.6 Å². The van der Waals surface area contributed by atoms with Gasteiger partial charge in [-0.3, -0.25) is 0 Å². The fourth-order valence-electron chi connectivity index (χ4n) is 1.59. The van der Waals surface area contributed by atoms with E-state index in [1.165, 1.54) is 12.1 Å². The molecule has 3 nitrogen and oxygen atoms in total. The molecular formula is C11H9F3N2O. The van der Waals surface area contributed by atoms with Crippen molar-refractivity contribution in [2.24, 2.45) is 0 Å². The lowest BCUT2D eigenvalue weighted by Crippen LogP contribution is -2.17. The molecule has 0 atom stereocenters. The van der Waals surface area contributed by atoms with Crippen molar-refractivity contribution in [3.63, 3.8) is 0 Å². The Bertz CT molecular complexity index is 566. The Morgan fingerprint density at radius 2 is 2.00 bits per heavy atom. The molecule has 2 rings (SSSR count). The van der Waals surface area contributed by atoms with Crippen molar-refractivity contribution in [2.45, 2.75) is 13.3 Å². The summed E-state index contributed by atoms with van der Waals surface area (Å²) in [6.07, 6.45) is -4.74. The van der Waals surface area contributed by atoms with E-state index >= 15 is 0 Å². The highest BCUT2D eigenvalue weighted by molar-refractivity contribution is 5.94. The zero-order chi connectivity index (χ0) is 12.6. The number of benzene rings is 1. The molecule has 0 fully saturated rings. The summed E-state index contributed by atoms with van der Waals surface area (Å²) in [6, 6.07) is 5.85. The average molecular weight is 242 g/mol. The first kappa shape index (κ1) is 11.5. The number of hydrogen-bond acceptors (Lipinski definition) is 3. The molecule has 90 valence electrons. The Hall–Kier alpha value is -1.98. The molecule has 0 amide bonds. The van der Waals surface area contributed by atoms with Crippen LogP contribution in [-0.4, -0.2) is 11.3 Å². The van der Waals surface area contributed by atoms with Gasteiger partial charge in [-0.05, 0) is 19.1 Å².